The second-order valence-corrected chi connectivity index (χ2v) is 7.99. The molecule has 26 heavy (non-hydrogen) atoms. The summed E-state index contributed by atoms with van der Waals surface area (Å²) < 4.78 is 8.22. The normalized spacial score (nSPS) is 19.2. The van der Waals surface area contributed by atoms with Crippen molar-refractivity contribution in [1.82, 2.24) is 24.6 Å². The van der Waals surface area contributed by atoms with Crippen LogP contribution in [0, 0.1) is 5.92 Å². The lowest BCUT2D eigenvalue weighted by atomic mass is 9.84. The van der Waals surface area contributed by atoms with Crippen LogP contribution in [0.4, 0.5) is 0 Å². The van der Waals surface area contributed by atoms with Crippen LogP contribution in [0.5, 0.6) is 5.88 Å². The van der Waals surface area contributed by atoms with Crippen molar-refractivity contribution in [3.8, 4) is 5.88 Å². The Morgan fingerprint density at radius 2 is 2.08 bits per heavy atom. The second kappa shape index (κ2) is 7.35. The fourth-order valence-corrected chi connectivity index (χ4v) is 3.75. The van der Waals surface area contributed by atoms with Crippen LogP contribution in [0.3, 0.4) is 0 Å². The van der Waals surface area contributed by atoms with Crippen LogP contribution in [0.15, 0.2) is 18.7 Å². The zero-order valence-electron chi connectivity index (χ0n) is 16.1. The van der Waals surface area contributed by atoms with Gasteiger partial charge in [0.25, 0.3) is 0 Å². The Morgan fingerprint density at radius 1 is 1.23 bits per heavy atom. The lowest BCUT2D eigenvalue weighted by Gasteiger charge is -2.35. The number of ether oxygens (including phenoxy) is 1. The van der Waals surface area contributed by atoms with Gasteiger partial charge in [0.05, 0.1) is 11.9 Å². The average molecular weight is 355 g/mol. The van der Waals surface area contributed by atoms with Crippen LogP contribution < -0.4 is 4.74 Å². The van der Waals surface area contributed by atoms with E-state index in [1.807, 2.05) is 10.9 Å². The topological polar surface area (TPSA) is 56.1 Å². The van der Waals surface area contributed by atoms with Crippen LogP contribution in [0.2, 0.25) is 0 Å². The molecule has 140 valence electrons. The fraction of sp³-hybridized carbons (Fsp3) is 0.650. The van der Waals surface area contributed by atoms with Gasteiger partial charge in [0.15, 0.2) is 0 Å². The van der Waals surface area contributed by atoms with E-state index in [1.54, 1.807) is 6.33 Å². The quantitative estimate of drug-likeness (QED) is 0.793. The maximum absolute atomic E-state index is 6.25. The molecule has 0 spiro atoms. The van der Waals surface area contributed by atoms with Crippen molar-refractivity contribution in [2.24, 2.45) is 5.92 Å². The Hall–Kier alpha value is -1.95. The van der Waals surface area contributed by atoms with Crippen molar-refractivity contribution in [2.75, 3.05) is 13.1 Å². The zero-order valence-corrected chi connectivity index (χ0v) is 16.1. The van der Waals surface area contributed by atoms with Crippen LogP contribution >= 0.6 is 0 Å². The van der Waals surface area contributed by atoms with Crippen LogP contribution in [0.1, 0.15) is 69.0 Å². The Bertz CT molecular complexity index is 752. The minimum absolute atomic E-state index is 0.0801. The third-order valence-electron chi connectivity index (χ3n) is 5.69. The second-order valence-electron chi connectivity index (χ2n) is 7.99. The van der Waals surface area contributed by atoms with E-state index in [4.69, 9.17) is 4.74 Å². The van der Waals surface area contributed by atoms with Gasteiger partial charge in [0.2, 0.25) is 5.88 Å². The molecule has 6 nitrogen and oxygen atoms in total. The molecule has 0 amide bonds. The largest absolute Gasteiger partial charge is 0.469 e. The Kier molecular flexibility index (Phi) is 4.94. The monoisotopic (exact) mass is 355 g/mol. The number of hydrogen-bond donors (Lipinski definition) is 0. The van der Waals surface area contributed by atoms with Gasteiger partial charge in [-0.1, -0.05) is 6.42 Å². The minimum Gasteiger partial charge on any atom is -0.469 e. The molecule has 0 aromatic carbocycles. The zero-order chi connectivity index (χ0) is 18.1. The minimum atomic E-state index is -0.0801. The molecule has 6 heteroatoms. The molecule has 0 radical (unpaired) electrons. The first-order valence-corrected chi connectivity index (χ1v) is 9.86. The first kappa shape index (κ1) is 17.5. The first-order chi connectivity index (χ1) is 12.6. The van der Waals surface area contributed by atoms with Gasteiger partial charge in [0, 0.05) is 49.4 Å². The van der Waals surface area contributed by atoms with Gasteiger partial charge in [-0.05, 0) is 39.5 Å². The summed E-state index contributed by atoms with van der Waals surface area (Å²) >= 11 is 0. The van der Waals surface area contributed by atoms with Crippen LogP contribution in [0.25, 0.3) is 0 Å². The van der Waals surface area contributed by atoms with Crippen molar-refractivity contribution in [3.63, 3.8) is 0 Å². The van der Waals surface area contributed by atoms with Gasteiger partial charge in [-0.2, -0.15) is 5.10 Å². The summed E-state index contributed by atoms with van der Waals surface area (Å²) in [5, 5.41) is 4.42. The summed E-state index contributed by atoms with van der Waals surface area (Å²) in [5.41, 5.74) is 3.39. The van der Waals surface area contributed by atoms with E-state index in [2.05, 4.69) is 46.9 Å². The summed E-state index contributed by atoms with van der Waals surface area (Å²) in [4.78, 5) is 11.5. The lowest BCUT2D eigenvalue weighted by molar-refractivity contribution is 0.156. The number of aromatic nitrogens is 4. The maximum atomic E-state index is 6.25. The molecule has 0 N–H and O–H groups in total. The summed E-state index contributed by atoms with van der Waals surface area (Å²) in [6.07, 6.45) is 10.7. The van der Waals surface area contributed by atoms with E-state index < -0.39 is 0 Å². The number of rotatable bonds is 6. The van der Waals surface area contributed by atoms with Crippen molar-refractivity contribution < 1.29 is 4.74 Å². The van der Waals surface area contributed by atoms with Crippen molar-refractivity contribution in [2.45, 2.75) is 65.1 Å². The highest BCUT2D eigenvalue weighted by Crippen LogP contribution is 2.32. The van der Waals surface area contributed by atoms with Crippen LogP contribution in [-0.4, -0.2) is 37.7 Å². The third kappa shape index (κ3) is 3.61. The standard InChI is InChI=1S/C20H29N5O/c1-14(2)25-11-17(9-23-25)15(3)26-20-18-12-24(10-16-5-4-6-16)8-7-19(18)21-13-22-20/h9,11,13-16H,4-8,10,12H2,1-3H3. The Morgan fingerprint density at radius 3 is 2.77 bits per heavy atom. The predicted molar refractivity (Wildman–Crippen MR) is 100 cm³/mol. The van der Waals surface area contributed by atoms with E-state index in [1.165, 1.54) is 31.4 Å². The molecule has 2 aliphatic rings. The highest BCUT2D eigenvalue weighted by atomic mass is 16.5. The molecule has 1 saturated carbocycles. The third-order valence-corrected chi connectivity index (χ3v) is 5.69. The Balaban J connectivity index is 1.48. The van der Waals surface area contributed by atoms with Gasteiger partial charge < -0.3 is 4.74 Å². The summed E-state index contributed by atoms with van der Waals surface area (Å²) in [6, 6.07) is 0.350. The van der Waals surface area contributed by atoms with Crippen molar-refractivity contribution in [3.05, 3.63) is 35.5 Å². The lowest BCUT2D eigenvalue weighted by Crippen LogP contribution is -2.37. The molecule has 1 unspecified atom stereocenters. The number of hydrogen-bond acceptors (Lipinski definition) is 5. The van der Waals surface area contributed by atoms with E-state index in [9.17, 15) is 0 Å². The molecular formula is C20H29N5O. The van der Waals surface area contributed by atoms with E-state index in [-0.39, 0.29) is 6.10 Å². The predicted octanol–water partition coefficient (Wildman–Crippen LogP) is 3.55. The molecule has 4 rings (SSSR count). The smallest absolute Gasteiger partial charge is 0.221 e. The molecule has 2 aromatic rings. The van der Waals surface area contributed by atoms with E-state index in [0.29, 0.717) is 6.04 Å². The summed E-state index contributed by atoms with van der Waals surface area (Å²) in [7, 11) is 0. The molecule has 1 aliphatic carbocycles. The fourth-order valence-electron chi connectivity index (χ4n) is 3.75. The number of fused-ring (bicyclic) bond motifs is 1. The van der Waals surface area contributed by atoms with Crippen molar-refractivity contribution >= 4 is 0 Å². The van der Waals surface area contributed by atoms with E-state index >= 15 is 0 Å². The molecule has 3 heterocycles. The Labute approximate surface area is 155 Å². The van der Waals surface area contributed by atoms with Gasteiger partial charge in [-0.25, -0.2) is 9.97 Å². The van der Waals surface area contributed by atoms with E-state index in [0.717, 1.165) is 42.6 Å². The molecule has 0 saturated heterocycles. The highest BCUT2D eigenvalue weighted by molar-refractivity contribution is 5.32. The van der Waals surface area contributed by atoms with Gasteiger partial charge >= 0.3 is 0 Å². The van der Waals surface area contributed by atoms with Crippen LogP contribution in [-0.2, 0) is 13.0 Å². The van der Waals surface area contributed by atoms with Gasteiger partial charge in [-0.3, -0.25) is 9.58 Å². The number of nitrogens with zero attached hydrogens (tertiary/aromatic N) is 5. The SMILES string of the molecule is CC(Oc1ncnc2c1CN(CC1CCC1)CC2)c1cnn(C(C)C)c1. The summed E-state index contributed by atoms with van der Waals surface area (Å²) in [5.74, 6) is 1.62. The van der Waals surface area contributed by atoms with Gasteiger partial charge in [0.1, 0.15) is 12.4 Å². The maximum Gasteiger partial charge on any atom is 0.221 e. The average Bonchev–Trinajstić information content (AvgIpc) is 3.09. The molecule has 1 atom stereocenters. The molecule has 0 bridgehead atoms. The molecular weight excluding hydrogens is 326 g/mol. The molecule has 1 aliphatic heterocycles. The highest BCUT2D eigenvalue weighted by Gasteiger charge is 2.27. The summed E-state index contributed by atoms with van der Waals surface area (Å²) in [6.45, 7) is 9.51. The first-order valence-electron chi connectivity index (χ1n) is 9.86. The van der Waals surface area contributed by atoms with Crippen molar-refractivity contribution in [1.29, 1.82) is 0 Å². The molecule has 2 aromatic heterocycles. The van der Waals surface area contributed by atoms with Gasteiger partial charge in [-0.15, -0.1) is 0 Å². The molecule has 1 fully saturated rings.